The molecule has 0 aromatic carbocycles. The molecule has 23 heavy (non-hydrogen) atoms. The highest BCUT2D eigenvalue weighted by molar-refractivity contribution is 5.90. The highest BCUT2D eigenvalue weighted by Gasteiger charge is 2.31. The predicted molar refractivity (Wildman–Crippen MR) is 87.1 cm³/mol. The van der Waals surface area contributed by atoms with E-state index < -0.39 is 5.60 Å². The molecule has 0 aliphatic carbocycles. The first-order chi connectivity index (χ1) is 10.8. The number of hydrogen-bond acceptors (Lipinski definition) is 5. The fourth-order valence-electron chi connectivity index (χ4n) is 3.21. The average molecular weight is 324 g/mol. The van der Waals surface area contributed by atoms with Crippen LogP contribution in [0.3, 0.4) is 0 Å². The van der Waals surface area contributed by atoms with Gasteiger partial charge in [-0.3, -0.25) is 0 Å². The zero-order chi connectivity index (χ0) is 17.0. The Morgan fingerprint density at radius 3 is 2.43 bits per heavy atom. The van der Waals surface area contributed by atoms with Gasteiger partial charge in [0.05, 0.1) is 12.7 Å². The van der Waals surface area contributed by atoms with Crippen molar-refractivity contribution in [2.45, 2.75) is 45.6 Å². The number of carbonyl (C=O) groups excluding carboxylic acids is 2. The van der Waals surface area contributed by atoms with Gasteiger partial charge < -0.3 is 19.7 Å². The summed E-state index contributed by atoms with van der Waals surface area (Å²) in [5, 5.41) is 3.23. The van der Waals surface area contributed by atoms with Crippen molar-refractivity contribution >= 4 is 12.1 Å². The minimum absolute atomic E-state index is 0.234. The number of ether oxygens (including phenoxy) is 2. The Morgan fingerprint density at radius 1 is 1.22 bits per heavy atom. The molecule has 0 spiro atoms. The van der Waals surface area contributed by atoms with E-state index in [2.05, 4.69) is 5.32 Å². The smallest absolute Gasteiger partial charge is 0.410 e. The molecule has 0 atom stereocenters. The summed E-state index contributed by atoms with van der Waals surface area (Å²) in [6.07, 6.45) is 2.37. The second-order valence-corrected chi connectivity index (χ2v) is 7.16. The van der Waals surface area contributed by atoms with Crippen LogP contribution in [0.1, 0.15) is 40.0 Å². The maximum atomic E-state index is 12.1. The van der Waals surface area contributed by atoms with Crippen molar-refractivity contribution < 1.29 is 19.1 Å². The van der Waals surface area contributed by atoms with Crippen LogP contribution in [0, 0.1) is 5.92 Å². The Bertz CT molecular complexity index is 485. The van der Waals surface area contributed by atoms with E-state index in [1.807, 2.05) is 20.8 Å². The standard InChI is InChI=1S/C17H28N2O4/c1-17(2,3)23-16(21)19-9-6-12(7-10-19)13-5-8-18-11-14(13)15(20)22-4/h12,18H,5-11H2,1-4H3. The second kappa shape index (κ2) is 7.34. The molecule has 0 aromatic heterocycles. The van der Waals surface area contributed by atoms with Crippen LogP contribution in [-0.4, -0.2) is 55.9 Å². The lowest BCUT2D eigenvalue weighted by atomic mass is 9.83. The third-order valence-corrected chi connectivity index (χ3v) is 4.33. The number of nitrogens with one attached hydrogen (secondary N) is 1. The number of rotatable bonds is 2. The summed E-state index contributed by atoms with van der Waals surface area (Å²) < 4.78 is 10.3. The molecule has 0 bridgehead atoms. The van der Waals surface area contributed by atoms with E-state index in [1.165, 1.54) is 12.7 Å². The third kappa shape index (κ3) is 4.70. The van der Waals surface area contributed by atoms with E-state index in [0.29, 0.717) is 25.6 Å². The molecule has 0 unspecified atom stereocenters. The monoisotopic (exact) mass is 324 g/mol. The van der Waals surface area contributed by atoms with Crippen LogP contribution >= 0.6 is 0 Å². The number of hydrogen-bond donors (Lipinski definition) is 1. The summed E-state index contributed by atoms with van der Waals surface area (Å²) in [5.41, 5.74) is 1.51. The van der Waals surface area contributed by atoms with Gasteiger partial charge >= 0.3 is 12.1 Å². The van der Waals surface area contributed by atoms with Crippen LogP contribution < -0.4 is 5.32 Å². The Kier molecular flexibility index (Phi) is 5.68. The molecule has 0 saturated carbocycles. The van der Waals surface area contributed by atoms with Gasteiger partial charge in [0.1, 0.15) is 5.60 Å². The molecule has 1 saturated heterocycles. The Balaban J connectivity index is 1.99. The van der Waals surface area contributed by atoms with E-state index in [1.54, 1.807) is 4.90 Å². The number of piperidine rings is 1. The van der Waals surface area contributed by atoms with Gasteiger partial charge in [0.25, 0.3) is 0 Å². The molecule has 0 aromatic rings. The van der Waals surface area contributed by atoms with E-state index in [9.17, 15) is 9.59 Å². The van der Waals surface area contributed by atoms with Gasteiger partial charge in [0, 0.05) is 19.6 Å². The summed E-state index contributed by atoms with van der Waals surface area (Å²) >= 11 is 0. The van der Waals surface area contributed by atoms with Crippen molar-refractivity contribution in [3.63, 3.8) is 0 Å². The summed E-state index contributed by atoms with van der Waals surface area (Å²) in [6.45, 7) is 8.44. The Hall–Kier alpha value is -1.56. The van der Waals surface area contributed by atoms with Crippen LogP contribution in [0.15, 0.2) is 11.1 Å². The van der Waals surface area contributed by atoms with Crippen LogP contribution in [0.25, 0.3) is 0 Å². The summed E-state index contributed by atoms with van der Waals surface area (Å²) in [7, 11) is 1.42. The number of nitrogens with zero attached hydrogens (tertiary/aromatic N) is 1. The van der Waals surface area contributed by atoms with E-state index in [0.717, 1.165) is 31.4 Å². The van der Waals surface area contributed by atoms with Gasteiger partial charge in [-0.2, -0.15) is 0 Å². The predicted octanol–water partition coefficient (Wildman–Crippen LogP) is 2.10. The van der Waals surface area contributed by atoms with Crippen LogP contribution in [0.5, 0.6) is 0 Å². The Morgan fingerprint density at radius 2 is 1.87 bits per heavy atom. The number of carbonyl (C=O) groups is 2. The van der Waals surface area contributed by atoms with Crippen LogP contribution in [-0.2, 0) is 14.3 Å². The molecule has 1 fully saturated rings. The van der Waals surface area contributed by atoms with Crippen molar-refractivity contribution in [2.24, 2.45) is 5.92 Å². The number of likely N-dealkylation sites (tertiary alicyclic amines) is 1. The topological polar surface area (TPSA) is 67.9 Å². The lowest BCUT2D eigenvalue weighted by molar-refractivity contribution is -0.136. The molecule has 2 heterocycles. The number of methoxy groups -OCH3 is 1. The SMILES string of the molecule is COC(=O)C1=C(C2CCN(C(=O)OC(C)(C)C)CC2)CCNC1. The van der Waals surface area contributed by atoms with Crippen molar-refractivity contribution in [3.8, 4) is 0 Å². The molecule has 1 N–H and O–H groups in total. The molecular weight excluding hydrogens is 296 g/mol. The normalized spacial score (nSPS) is 20.4. The summed E-state index contributed by atoms with van der Waals surface area (Å²) in [4.78, 5) is 25.8. The number of esters is 1. The second-order valence-electron chi connectivity index (χ2n) is 7.16. The van der Waals surface area contributed by atoms with Gasteiger partial charge in [0.15, 0.2) is 0 Å². The summed E-state index contributed by atoms with van der Waals surface area (Å²) in [6, 6.07) is 0. The first-order valence-corrected chi connectivity index (χ1v) is 8.30. The molecule has 6 nitrogen and oxygen atoms in total. The highest BCUT2D eigenvalue weighted by atomic mass is 16.6. The molecule has 2 rings (SSSR count). The minimum Gasteiger partial charge on any atom is -0.466 e. The molecule has 1 amide bonds. The molecule has 2 aliphatic heterocycles. The third-order valence-electron chi connectivity index (χ3n) is 4.33. The lowest BCUT2D eigenvalue weighted by Gasteiger charge is -2.36. The first-order valence-electron chi connectivity index (χ1n) is 8.30. The average Bonchev–Trinajstić information content (AvgIpc) is 2.52. The molecule has 6 heteroatoms. The fraction of sp³-hybridized carbons (Fsp3) is 0.765. The van der Waals surface area contributed by atoms with Crippen molar-refractivity contribution in [1.29, 1.82) is 0 Å². The van der Waals surface area contributed by atoms with Gasteiger partial charge in [-0.1, -0.05) is 5.57 Å². The quantitative estimate of drug-likeness (QED) is 0.788. The van der Waals surface area contributed by atoms with Gasteiger partial charge in [-0.25, -0.2) is 9.59 Å². The molecule has 0 radical (unpaired) electrons. The molecular formula is C17H28N2O4. The zero-order valence-electron chi connectivity index (χ0n) is 14.6. The first kappa shape index (κ1) is 17.8. The van der Waals surface area contributed by atoms with Crippen molar-refractivity contribution in [3.05, 3.63) is 11.1 Å². The van der Waals surface area contributed by atoms with E-state index >= 15 is 0 Å². The van der Waals surface area contributed by atoms with E-state index in [4.69, 9.17) is 9.47 Å². The Labute approximate surface area is 138 Å². The lowest BCUT2D eigenvalue weighted by Crippen LogP contribution is -2.43. The largest absolute Gasteiger partial charge is 0.466 e. The number of amides is 1. The van der Waals surface area contributed by atoms with Crippen molar-refractivity contribution in [2.75, 3.05) is 33.3 Å². The highest BCUT2D eigenvalue weighted by Crippen LogP contribution is 2.31. The van der Waals surface area contributed by atoms with Crippen LogP contribution in [0.2, 0.25) is 0 Å². The van der Waals surface area contributed by atoms with Gasteiger partial charge in [-0.15, -0.1) is 0 Å². The van der Waals surface area contributed by atoms with Gasteiger partial charge in [-0.05, 0) is 52.5 Å². The molecule has 2 aliphatic rings. The van der Waals surface area contributed by atoms with Crippen LogP contribution in [0.4, 0.5) is 4.79 Å². The van der Waals surface area contributed by atoms with Gasteiger partial charge in [0.2, 0.25) is 0 Å². The maximum absolute atomic E-state index is 12.1. The molecule has 130 valence electrons. The fourth-order valence-corrected chi connectivity index (χ4v) is 3.21. The minimum atomic E-state index is -0.469. The summed E-state index contributed by atoms with van der Waals surface area (Å²) in [5.74, 6) is 0.117. The maximum Gasteiger partial charge on any atom is 0.410 e. The van der Waals surface area contributed by atoms with E-state index in [-0.39, 0.29) is 12.1 Å². The zero-order valence-corrected chi connectivity index (χ0v) is 14.6. The van der Waals surface area contributed by atoms with Crippen molar-refractivity contribution in [1.82, 2.24) is 10.2 Å².